The summed E-state index contributed by atoms with van der Waals surface area (Å²) >= 11 is 0. The number of allylic oxidation sites excluding steroid dienone is 10. The van der Waals surface area contributed by atoms with Crippen LogP contribution in [0.15, 0.2) is 60.8 Å². The summed E-state index contributed by atoms with van der Waals surface area (Å²) in [5, 5.41) is 31.4. The van der Waals surface area contributed by atoms with Crippen molar-refractivity contribution >= 4 is 23.9 Å². The number of aliphatic hydroxyl groups excluding tert-OH is 2. The van der Waals surface area contributed by atoms with Crippen LogP contribution >= 0.6 is 0 Å². The molecule has 0 bridgehead atoms. The summed E-state index contributed by atoms with van der Waals surface area (Å²) < 4.78 is 28.4. The number of carboxylic acid groups (broad SMARTS) is 1. The first-order valence-corrected chi connectivity index (χ1v) is 29.3. The molecule has 3 N–H and O–H groups in total. The van der Waals surface area contributed by atoms with Crippen molar-refractivity contribution < 1.29 is 58.2 Å². The van der Waals surface area contributed by atoms with Crippen LogP contribution < -0.4 is 0 Å². The minimum atomic E-state index is -1.91. The fourth-order valence-corrected chi connectivity index (χ4v) is 8.59. The molecule has 1 fully saturated rings. The molecular formula is C61H104O12. The molecule has 1 heterocycles. The Balaban J connectivity index is 2.70. The van der Waals surface area contributed by atoms with Gasteiger partial charge in [-0.2, -0.15) is 0 Å². The van der Waals surface area contributed by atoms with Crippen molar-refractivity contribution in [1.82, 2.24) is 0 Å². The Hall–Kier alpha value is -3.58. The fourth-order valence-electron chi connectivity index (χ4n) is 8.59. The molecule has 6 atom stereocenters. The molecule has 0 radical (unpaired) electrons. The molecule has 0 aliphatic carbocycles. The smallest absolute Gasteiger partial charge is 0.335 e. The van der Waals surface area contributed by atoms with Gasteiger partial charge >= 0.3 is 23.9 Å². The Labute approximate surface area is 443 Å². The number of aliphatic hydroxyl groups is 2. The lowest BCUT2D eigenvalue weighted by molar-refractivity contribution is -0.301. The second-order valence-corrected chi connectivity index (χ2v) is 19.9. The lowest BCUT2D eigenvalue weighted by atomic mass is 9.98. The van der Waals surface area contributed by atoms with E-state index in [2.05, 4.69) is 81.5 Å². The van der Waals surface area contributed by atoms with Crippen molar-refractivity contribution in [2.45, 2.75) is 289 Å². The quantitative estimate of drug-likeness (QED) is 0.0228. The number of carbonyl (C=O) groups excluding carboxylic acids is 3. The van der Waals surface area contributed by atoms with E-state index in [1.165, 1.54) is 89.9 Å². The second kappa shape index (κ2) is 49.3. The molecule has 0 spiro atoms. The van der Waals surface area contributed by atoms with Crippen molar-refractivity contribution in [3.63, 3.8) is 0 Å². The summed E-state index contributed by atoms with van der Waals surface area (Å²) in [5.74, 6) is -3.16. The van der Waals surface area contributed by atoms with E-state index in [9.17, 15) is 34.5 Å². The van der Waals surface area contributed by atoms with Gasteiger partial charge in [0.1, 0.15) is 18.8 Å². The number of ether oxygens (including phenoxy) is 5. The average Bonchev–Trinajstić information content (AvgIpc) is 3.37. The molecule has 1 rings (SSSR count). The van der Waals surface area contributed by atoms with Gasteiger partial charge in [0.05, 0.1) is 6.61 Å². The van der Waals surface area contributed by atoms with E-state index in [4.69, 9.17) is 23.7 Å². The van der Waals surface area contributed by atoms with Crippen molar-refractivity contribution in [3.8, 4) is 0 Å². The van der Waals surface area contributed by atoms with Crippen LogP contribution in [0.25, 0.3) is 0 Å². The molecule has 1 aliphatic heterocycles. The highest BCUT2D eigenvalue weighted by atomic mass is 16.7. The lowest BCUT2D eigenvalue weighted by Gasteiger charge is -2.40. The van der Waals surface area contributed by atoms with Gasteiger partial charge in [0.15, 0.2) is 24.6 Å². The number of rotatable bonds is 49. The third-order valence-corrected chi connectivity index (χ3v) is 13.1. The average molecular weight is 1030 g/mol. The topological polar surface area (TPSA) is 175 Å². The van der Waals surface area contributed by atoms with Crippen molar-refractivity contribution in [1.29, 1.82) is 0 Å². The third kappa shape index (κ3) is 39.5. The molecule has 420 valence electrons. The Morgan fingerprint density at radius 1 is 0.466 bits per heavy atom. The van der Waals surface area contributed by atoms with Crippen LogP contribution in [0.3, 0.4) is 0 Å². The molecule has 0 amide bonds. The monoisotopic (exact) mass is 1030 g/mol. The van der Waals surface area contributed by atoms with Crippen LogP contribution in [0.2, 0.25) is 0 Å². The Morgan fingerprint density at radius 2 is 0.863 bits per heavy atom. The highest BCUT2D eigenvalue weighted by Gasteiger charge is 2.50. The van der Waals surface area contributed by atoms with E-state index < -0.39 is 67.3 Å². The van der Waals surface area contributed by atoms with Gasteiger partial charge in [-0.15, -0.1) is 0 Å². The van der Waals surface area contributed by atoms with Crippen molar-refractivity contribution in [2.24, 2.45) is 0 Å². The summed E-state index contributed by atoms with van der Waals surface area (Å²) in [4.78, 5) is 51.0. The van der Waals surface area contributed by atoms with E-state index in [0.717, 1.165) is 103 Å². The standard InChI is InChI=1S/C61H104O12/c1-4-7-10-13-16-19-22-25-26-27-28-31-32-35-38-41-44-47-53(62)69-50-52(71-54(63)48-45-42-39-36-33-29-23-20-17-14-11-8-5-2)51-70-61-59(57(66)56(65)58(73-61)60(67)68)72-55(64)49-46-43-40-37-34-30-24-21-18-15-12-9-6-3/h8,11,16-17,19-20,25-26,29,33,52,56-59,61,65-66H,4-7,9-10,12-15,18,21-24,27-28,30-32,34-51H2,1-3H3,(H,67,68)/b11-8-,19-16-,20-17-,26-25-,33-29-. The normalized spacial score (nSPS) is 18.7. The first-order chi connectivity index (χ1) is 35.6. The molecule has 1 saturated heterocycles. The lowest BCUT2D eigenvalue weighted by Crippen LogP contribution is -2.61. The molecule has 0 saturated carbocycles. The molecule has 12 nitrogen and oxygen atoms in total. The zero-order valence-electron chi connectivity index (χ0n) is 46.1. The predicted molar refractivity (Wildman–Crippen MR) is 294 cm³/mol. The minimum absolute atomic E-state index is 0.0583. The van der Waals surface area contributed by atoms with E-state index in [-0.39, 0.29) is 25.9 Å². The first kappa shape index (κ1) is 67.4. The molecule has 0 aromatic carbocycles. The minimum Gasteiger partial charge on any atom is -0.479 e. The summed E-state index contributed by atoms with van der Waals surface area (Å²) in [6.07, 6.45) is 47.7. The van der Waals surface area contributed by atoms with Gasteiger partial charge in [0.2, 0.25) is 0 Å². The van der Waals surface area contributed by atoms with Gasteiger partial charge in [0.25, 0.3) is 0 Å². The number of hydrogen-bond donors (Lipinski definition) is 3. The first-order valence-electron chi connectivity index (χ1n) is 29.3. The SMILES string of the molecule is CC/C=C\C/C=C\C/C=C\CCCCCC(=O)OC(COC(=O)CCCCCCCCC/C=C\C/C=C\CCCCC)COC1OC(C(=O)O)C(O)C(O)C1OC(=O)CCCCCCCCCCCCCCC. The third-order valence-electron chi connectivity index (χ3n) is 13.1. The van der Waals surface area contributed by atoms with Crippen LogP contribution in [0, 0.1) is 0 Å². The van der Waals surface area contributed by atoms with Gasteiger partial charge < -0.3 is 39.0 Å². The summed E-state index contributed by atoms with van der Waals surface area (Å²) in [6.45, 7) is 5.82. The number of carbonyl (C=O) groups is 4. The van der Waals surface area contributed by atoms with Crippen LogP contribution in [0.5, 0.6) is 0 Å². The Bertz CT molecular complexity index is 1500. The maximum Gasteiger partial charge on any atom is 0.335 e. The maximum absolute atomic E-state index is 13.1. The molecule has 73 heavy (non-hydrogen) atoms. The number of esters is 3. The second-order valence-electron chi connectivity index (χ2n) is 19.9. The number of unbranched alkanes of at least 4 members (excludes halogenated alkanes) is 25. The Kier molecular flexibility index (Phi) is 45.5. The highest BCUT2D eigenvalue weighted by Crippen LogP contribution is 2.26. The summed E-state index contributed by atoms with van der Waals surface area (Å²) in [5.41, 5.74) is 0. The number of hydrogen-bond acceptors (Lipinski definition) is 11. The zero-order valence-corrected chi connectivity index (χ0v) is 46.1. The van der Waals surface area contributed by atoms with Crippen molar-refractivity contribution in [3.05, 3.63) is 60.8 Å². The van der Waals surface area contributed by atoms with Crippen molar-refractivity contribution in [2.75, 3.05) is 13.2 Å². The van der Waals surface area contributed by atoms with Crippen LogP contribution in [0.1, 0.15) is 252 Å². The molecule has 6 unspecified atom stereocenters. The van der Waals surface area contributed by atoms with Crippen LogP contribution in [-0.2, 0) is 42.9 Å². The van der Waals surface area contributed by atoms with E-state index in [0.29, 0.717) is 19.3 Å². The van der Waals surface area contributed by atoms with E-state index in [1.54, 1.807) is 0 Å². The maximum atomic E-state index is 13.1. The van der Waals surface area contributed by atoms with E-state index >= 15 is 0 Å². The van der Waals surface area contributed by atoms with Crippen LogP contribution in [0.4, 0.5) is 0 Å². The zero-order chi connectivity index (χ0) is 53.3. The molecule has 0 aromatic heterocycles. The van der Waals surface area contributed by atoms with Gasteiger partial charge in [-0.05, 0) is 83.5 Å². The largest absolute Gasteiger partial charge is 0.479 e. The number of carboxylic acids is 1. The van der Waals surface area contributed by atoms with Gasteiger partial charge in [-0.3, -0.25) is 14.4 Å². The van der Waals surface area contributed by atoms with Gasteiger partial charge in [-0.25, -0.2) is 4.79 Å². The Morgan fingerprint density at radius 3 is 1.36 bits per heavy atom. The molecule has 0 aromatic rings. The summed E-state index contributed by atoms with van der Waals surface area (Å²) in [7, 11) is 0. The predicted octanol–water partition coefficient (Wildman–Crippen LogP) is 14.8. The molecular weight excluding hydrogens is 925 g/mol. The summed E-state index contributed by atoms with van der Waals surface area (Å²) in [6, 6.07) is 0. The molecule has 1 aliphatic rings. The van der Waals surface area contributed by atoms with Crippen LogP contribution in [-0.4, -0.2) is 89.2 Å². The van der Waals surface area contributed by atoms with Gasteiger partial charge in [0, 0.05) is 19.3 Å². The molecule has 12 heteroatoms. The fraction of sp³-hybridized carbons (Fsp3) is 0.770. The van der Waals surface area contributed by atoms with E-state index in [1.807, 2.05) is 0 Å². The van der Waals surface area contributed by atoms with Gasteiger partial charge in [-0.1, -0.05) is 210 Å². The highest BCUT2D eigenvalue weighted by molar-refractivity contribution is 5.74. The number of aliphatic carboxylic acids is 1.